The van der Waals surface area contributed by atoms with E-state index in [9.17, 15) is 0 Å². The van der Waals surface area contributed by atoms with Crippen LogP contribution in [0.2, 0.25) is 0 Å². The van der Waals surface area contributed by atoms with Crippen molar-refractivity contribution in [2.75, 3.05) is 13.6 Å². The van der Waals surface area contributed by atoms with E-state index in [2.05, 4.69) is 46.6 Å². The molecule has 0 radical (unpaired) electrons. The fraction of sp³-hybridized carbons (Fsp3) is 0.385. The van der Waals surface area contributed by atoms with Crippen LogP contribution in [0, 0.1) is 0 Å². The highest BCUT2D eigenvalue weighted by Gasteiger charge is 2.04. The average Bonchev–Trinajstić information content (AvgIpc) is 2.83. The van der Waals surface area contributed by atoms with Gasteiger partial charge in [0.15, 0.2) is 0 Å². The van der Waals surface area contributed by atoms with Crippen molar-refractivity contribution in [1.29, 1.82) is 0 Å². The monoisotopic (exact) mass is 230 g/mol. The quantitative estimate of drug-likeness (QED) is 0.849. The van der Waals surface area contributed by atoms with Gasteiger partial charge in [0.2, 0.25) is 0 Å². The Morgan fingerprint density at radius 2 is 2.06 bits per heavy atom. The van der Waals surface area contributed by atoms with Crippen molar-refractivity contribution in [2.24, 2.45) is 0 Å². The zero-order valence-corrected chi connectivity index (χ0v) is 10.3. The van der Waals surface area contributed by atoms with Gasteiger partial charge in [0.25, 0.3) is 0 Å². The highest BCUT2D eigenvalue weighted by Crippen LogP contribution is 2.15. The fourth-order valence-electron chi connectivity index (χ4n) is 1.88. The lowest BCUT2D eigenvalue weighted by Gasteiger charge is -2.11. The molecule has 4 nitrogen and oxygen atoms in total. The van der Waals surface area contributed by atoms with Crippen molar-refractivity contribution in [2.45, 2.75) is 19.4 Å². The molecule has 0 saturated carbocycles. The van der Waals surface area contributed by atoms with Crippen molar-refractivity contribution in [1.82, 2.24) is 20.1 Å². The van der Waals surface area contributed by atoms with Crippen LogP contribution in [0.4, 0.5) is 0 Å². The second-order valence-corrected chi connectivity index (χ2v) is 4.29. The Hall–Kier alpha value is -1.68. The lowest BCUT2D eigenvalue weighted by Crippen LogP contribution is -2.14. The first-order valence-corrected chi connectivity index (χ1v) is 5.85. The third-order valence-electron chi connectivity index (χ3n) is 2.87. The molecule has 1 heterocycles. The number of nitrogens with one attached hydrogen (secondary N) is 1. The first-order valence-electron chi connectivity index (χ1n) is 5.85. The molecule has 0 aliphatic rings. The molecular formula is C13H18N4. The smallest absolute Gasteiger partial charge is 0.137 e. The van der Waals surface area contributed by atoms with Crippen molar-refractivity contribution in [3.8, 4) is 0 Å². The summed E-state index contributed by atoms with van der Waals surface area (Å²) < 4.78 is 1.83. The van der Waals surface area contributed by atoms with E-state index >= 15 is 0 Å². The van der Waals surface area contributed by atoms with Crippen LogP contribution in [0.1, 0.15) is 24.0 Å². The number of hydrogen-bond acceptors (Lipinski definition) is 3. The van der Waals surface area contributed by atoms with Gasteiger partial charge in [0.05, 0.1) is 6.54 Å². The van der Waals surface area contributed by atoms with Gasteiger partial charge in [-0.3, -0.25) is 0 Å². The first kappa shape index (κ1) is 11.8. The van der Waals surface area contributed by atoms with Crippen molar-refractivity contribution in [3.63, 3.8) is 0 Å². The van der Waals surface area contributed by atoms with E-state index in [0.29, 0.717) is 5.92 Å². The van der Waals surface area contributed by atoms with E-state index in [1.165, 1.54) is 11.1 Å². The van der Waals surface area contributed by atoms with E-state index in [-0.39, 0.29) is 0 Å². The van der Waals surface area contributed by atoms with Gasteiger partial charge in [-0.15, -0.1) is 0 Å². The molecule has 4 heteroatoms. The summed E-state index contributed by atoms with van der Waals surface area (Å²) >= 11 is 0. The molecule has 0 bridgehead atoms. The van der Waals surface area contributed by atoms with Crippen LogP contribution in [0.25, 0.3) is 0 Å². The summed E-state index contributed by atoms with van der Waals surface area (Å²) in [6, 6.07) is 8.69. The number of rotatable bonds is 5. The van der Waals surface area contributed by atoms with Crippen molar-refractivity contribution in [3.05, 3.63) is 48.0 Å². The van der Waals surface area contributed by atoms with Gasteiger partial charge >= 0.3 is 0 Å². The standard InChI is InChI=1S/C13H18N4/c1-11(7-14-2)13-5-3-12(4-6-13)8-17-10-15-9-16-17/h3-6,9-11,14H,7-8H2,1-2H3. The molecule has 1 atom stereocenters. The molecule has 1 aromatic heterocycles. The molecule has 17 heavy (non-hydrogen) atoms. The highest BCUT2D eigenvalue weighted by molar-refractivity contribution is 5.25. The summed E-state index contributed by atoms with van der Waals surface area (Å²) in [6.07, 6.45) is 3.29. The zero-order valence-electron chi connectivity index (χ0n) is 10.3. The normalized spacial score (nSPS) is 12.6. The molecule has 2 aromatic rings. The van der Waals surface area contributed by atoms with Gasteiger partial charge in [0, 0.05) is 6.54 Å². The van der Waals surface area contributed by atoms with E-state index in [4.69, 9.17) is 0 Å². The Labute approximate surface area is 102 Å². The van der Waals surface area contributed by atoms with Crippen LogP contribution in [0.3, 0.4) is 0 Å². The van der Waals surface area contributed by atoms with Crippen molar-refractivity contribution < 1.29 is 0 Å². The zero-order chi connectivity index (χ0) is 12.1. The Morgan fingerprint density at radius 3 is 2.65 bits per heavy atom. The number of likely N-dealkylation sites (N-methyl/N-ethyl adjacent to an activating group) is 1. The van der Waals surface area contributed by atoms with E-state index < -0.39 is 0 Å². The first-order chi connectivity index (χ1) is 8.29. The molecule has 1 N–H and O–H groups in total. The predicted molar refractivity (Wildman–Crippen MR) is 67.9 cm³/mol. The van der Waals surface area contributed by atoms with Gasteiger partial charge in [-0.05, 0) is 24.1 Å². The van der Waals surface area contributed by atoms with E-state index in [0.717, 1.165) is 13.1 Å². The Balaban J connectivity index is 2.02. The number of aromatic nitrogens is 3. The summed E-state index contributed by atoms with van der Waals surface area (Å²) in [5.74, 6) is 0.542. The van der Waals surface area contributed by atoms with Crippen LogP contribution in [-0.2, 0) is 6.54 Å². The molecular weight excluding hydrogens is 212 g/mol. The topological polar surface area (TPSA) is 42.7 Å². The Morgan fingerprint density at radius 1 is 1.29 bits per heavy atom. The molecule has 1 aromatic carbocycles. The number of hydrogen-bond donors (Lipinski definition) is 1. The van der Waals surface area contributed by atoms with E-state index in [1.54, 1.807) is 12.7 Å². The Kier molecular flexibility index (Phi) is 3.88. The molecule has 0 aliphatic carbocycles. The van der Waals surface area contributed by atoms with Crippen LogP contribution in [0.5, 0.6) is 0 Å². The number of nitrogens with zero attached hydrogens (tertiary/aromatic N) is 3. The Bertz CT molecular complexity index is 433. The molecule has 1 unspecified atom stereocenters. The lowest BCUT2D eigenvalue weighted by molar-refractivity contribution is 0.672. The summed E-state index contributed by atoms with van der Waals surface area (Å²) in [5.41, 5.74) is 2.61. The molecule has 0 fully saturated rings. The molecule has 0 amide bonds. The molecule has 0 aliphatic heterocycles. The van der Waals surface area contributed by atoms with Crippen LogP contribution < -0.4 is 5.32 Å². The highest BCUT2D eigenvalue weighted by atomic mass is 15.3. The minimum atomic E-state index is 0.542. The maximum absolute atomic E-state index is 4.09. The minimum absolute atomic E-state index is 0.542. The third kappa shape index (κ3) is 3.14. The van der Waals surface area contributed by atoms with Crippen molar-refractivity contribution >= 4 is 0 Å². The van der Waals surface area contributed by atoms with Gasteiger partial charge in [0.1, 0.15) is 12.7 Å². The molecule has 2 rings (SSSR count). The maximum Gasteiger partial charge on any atom is 0.137 e. The predicted octanol–water partition coefficient (Wildman–Crippen LogP) is 1.65. The molecule has 0 saturated heterocycles. The summed E-state index contributed by atoms with van der Waals surface area (Å²) in [4.78, 5) is 3.93. The second-order valence-electron chi connectivity index (χ2n) is 4.29. The van der Waals surface area contributed by atoms with Crippen LogP contribution >= 0.6 is 0 Å². The van der Waals surface area contributed by atoms with E-state index in [1.807, 2.05) is 11.7 Å². The third-order valence-corrected chi connectivity index (χ3v) is 2.87. The summed E-state index contributed by atoms with van der Waals surface area (Å²) in [7, 11) is 1.98. The second kappa shape index (κ2) is 5.59. The fourth-order valence-corrected chi connectivity index (χ4v) is 1.88. The minimum Gasteiger partial charge on any atom is -0.319 e. The van der Waals surface area contributed by atoms with Crippen LogP contribution in [-0.4, -0.2) is 28.4 Å². The van der Waals surface area contributed by atoms with Gasteiger partial charge in [-0.25, -0.2) is 9.67 Å². The summed E-state index contributed by atoms with van der Waals surface area (Å²) in [6.45, 7) is 4.01. The van der Waals surface area contributed by atoms with Crippen LogP contribution in [0.15, 0.2) is 36.9 Å². The summed E-state index contributed by atoms with van der Waals surface area (Å²) in [5, 5.41) is 7.29. The van der Waals surface area contributed by atoms with Gasteiger partial charge in [-0.2, -0.15) is 5.10 Å². The largest absolute Gasteiger partial charge is 0.319 e. The van der Waals surface area contributed by atoms with Gasteiger partial charge < -0.3 is 5.32 Å². The lowest BCUT2D eigenvalue weighted by atomic mass is 10.00. The average molecular weight is 230 g/mol. The maximum atomic E-state index is 4.09. The SMILES string of the molecule is CNCC(C)c1ccc(Cn2cncn2)cc1. The molecule has 90 valence electrons. The van der Waals surface area contributed by atoms with Gasteiger partial charge in [-0.1, -0.05) is 31.2 Å². The molecule has 0 spiro atoms. The number of benzene rings is 1.